The van der Waals surface area contributed by atoms with Gasteiger partial charge in [0.05, 0.1) is 21.2 Å². The van der Waals surface area contributed by atoms with Crippen molar-refractivity contribution in [1.82, 2.24) is 20.5 Å². The molecule has 0 bridgehead atoms. The van der Waals surface area contributed by atoms with Gasteiger partial charge in [-0.25, -0.2) is 13.5 Å². The molecule has 2 heterocycles. The van der Waals surface area contributed by atoms with E-state index in [1.807, 2.05) is 0 Å². The van der Waals surface area contributed by atoms with Gasteiger partial charge >= 0.3 is 6.18 Å². The molecule has 1 fully saturated rings. The molecule has 1 aliphatic heterocycles. The zero-order valence-corrected chi connectivity index (χ0v) is 19.4. The van der Waals surface area contributed by atoms with E-state index in [1.54, 1.807) is 0 Å². The summed E-state index contributed by atoms with van der Waals surface area (Å²) in [5.41, 5.74) is 4.34. The second kappa shape index (κ2) is 9.43. The van der Waals surface area contributed by atoms with E-state index in [2.05, 4.69) is 25.8 Å². The molecule has 1 aromatic heterocycles. The Morgan fingerprint density at radius 3 is 2.53 bits per heavy atom. The molecule has 0 amide bonds. The summed E-state index contributed by atoms with van der Waals surface area (Å²) >= 11 is 6.26. The van der Waals surface area contributed by atoms with Gasteiger partial charge in [0.15, 0.2) is 9.84 Å². The number of nitrogens with two attached hydrogens (primary N) is 1. The Hall–Kier alpha value is -2.83. The van der Waals surface area contributed by atoms with E-state index in [9.17, 15) is 21.6 Å². The minimum absolute atomic E-state index is 0.00388. The number of alkyl halides is 3. The van der Waals surface area contributed by atoms with Crippen molar-refractivity contribution in [1.29, 1.82) is 0 Å². The summed E-state index contributed by atoms with van der Waals surface area (Å²) in [6.07, 6.45) is -2.29. The predicted octanol–water partition coefficient (Wildman–Crippen LogP) is 4.39. The molecule has 34 heavy (non-hydrogen) atoms. The van der Waals surface area contributed by atoms with Crippen LogP contribution in [0.15, 0.2) is 41.3 Å². The van der Waals surface area contributed by atoms with Crippen LogP contribution in [-0.4, -0.2) is 41.9 Å². The zero-order valence-electron chi connectivity index (χ0n) is 17.8. The van der Waals surface area contributed by atoms with Gasteiger partial charge in [-0.05, 0) is 55.6 Å². The van der Waals surface area contributed by atoms with Gasteiger partial charge in [-0.1, -0.05) is 23.7 Å². The summed E-state index contributed by atoms with van der Waals surface area (Å²) < 4.78 is 67.1. The number of nitrogens with zero attached hydrogens (tertiary/aromatic N) is 2. The van der Waals surface area contributed by atoms with E-state index in [4.69, 9.17) is 17.3 Å². The first-order chi connectivity index (χ1) is 16.0. The summed E-state index contributed by atoms with van der Waals surface area (Å²) in [5, 5.41) is 11.8. The molecule has 4 rings (SSSR count). The fourth-order valence-corrected chi connectivity index (χ4v) is 5.61. The molecule has 13 heteroatoms. The third-order valence-electron chi connectivity index (χ3n) is 5.55. The van der Waals surface area contributed by atoms with Gasteiger partial charge in [0.2, 0.25) is 11.9 Å². The van der Waals surface area contributed by atoms with Crippen molar-refractivity contribution in [2.24, 2.45) is 0 Å². The first kappa shape index (κ1) is 24.3. The number of nitrogen functional groups attached to an aromatic ring is 1. The van der Waals surface area contributed by atoms with E-state index in [0.717, 1.165) is 25.5 Å². The predicted molar refractivity (Wildman–Crippen MR) is 124 cm³/mol. The van der Waals surface area contributed by atoms with E-state index < -0.39 is 21.6 Å². The molecule has 5 N–H and O–H groups in total. The quantitative estimate of drug-likeness (QED) is 0.368. The van der Waals surface area contributed by atoms with Gasteiger partial charge in [-0.3, -0.25) is 0 Å². The Morgan fingerprint density at radius 1 is 1.21 bits per heavy atom. The smallest absolute Gasteiger partial charge is 0.368 e. The van der Waals surface area contributed by atoms with Gasteiger partial charge in [-0.15, -0.1) is 5.10 Å². The van der Waals surface area contributed by atoms with Crippen LogP contribution in [-0.2, 0) is 16.0 Å². The summed E-state index contributed by atoms with van der Waals surface area (Å²) in [4.78, 5) is 3.85. The monoisotopic (exact) mass is 514 g/mol. The topological polar surface area (TPSA) is 126 Å². The van der Waals surface area contributed by atoms with E-state index in [0.29, 0.717) is 6.42 Å². The highest BCUT2D eigenvalue weighted by Crippen LogP contribution is 2.43. The molecule has 0 radical (unpaired) electrons. The van der Waals surface area contributed by atoms with Crippen molar-refractivity contribution in [3.63, 3.8) is 0 Å². The molecule has 1 saturated heterocycles. The number of sulfone groups is 1. The summed E-state index contributed by atoms with van der Waals surface area (Å²) in [6.45, 7) is 0.877. The summed E-state index contributed by atoms with van der Waals surface area (Å²) in [5.74, 6) is -0.0578. The first-order valence-electron chi connectivity index (χ1n) is 10.4. The average molecular weight is 515 g/mol. The van der Waals surface area contributed by atoms with Crippen LogP contribution < -0.4 is 16.4 Å². The lowest BCUT2D eigenvalue weighted by Crippen LogP contribution is -2.24. The standard InChI is InChI=1S/C21H22ClF3N6O2S/c22-17-11-14(28-20-29-19(26)30-31-20)10-16(21(23,24)25)18(17)12-3-5-15(6-4-12)34(32,33)9-7-13-2-1-8-27-13/h3-6,10-11,13,27H,1-2,7-9H2,(H4,26,28,29,30,31)/t13-/m0/s1. The Bertz CT molecular complexity index is 1270. The fourth-order valence-electron chi connectivity index (χ4n) is 3.90. The van der Waals surface area contributed by atoms with Crippen molar-refractivity contribution in [2.75, 3.05) is 23.3 Å². The lowest BCUT2D eigenvalue weighted by Gasteiger charge is -2.17. The SMILES string of the molecule is Nc1nc(Nc2cc(Cl)c(-c3ccc(S(=O)(=O)CC[C@@H]4CCCN4)cc3)c(C(F)(F)F)c2)n[nH]1. The number of rotatable bonds is 7. The van der Waals surface area contributed by atoms with Crippen molar-refractivity contribution in [3.05, 3.63) is 47.0 Å². The second-order valence-corrected chi connectivity index (χ2v) is 10.5. The molecule has 2 aromatic carbocycles. The Morgan fingerprint density at radius 2 is 1.94 bits per heavy atom. The van der Waals surface area contributed by atoms with Crippen LogP contribution in [0, 0.1) is 0 Å². The van der Waals surface area contributed by atoms with Crippen LogP contribution in [0.3, 0.4) is 0 Å². The average Bonchev–Trinajstić information content (AvgIpc) is 3.43. The first-order valence-corrected chi connectivity index (χ1v) is 12.5. The molecule has 8 nitrogen and oxygen atoms in total. The maximum absolute atomic E-state index is 13.9. The highest BCUT2D eigenvalue weighted by molar-refractivity contribution is 7.91. The number of hydrogen-bond donors (Lipinski definition) is 4. The number of H-pyrrole nitrogens is 1. The number of benzene rings is 2. The van der Waals surface area contributed by atoms with Gasteiger partial charge in [-0.2, -0.15) is 18.2 Å². The van der Waals surface area contributed by atoms with Crippen LogP contribution in [0.1, 0.15) is 24.8 Å². The number of aromatic nitrogens is 3. The van der Waals surface area contributed by atoms with Gasteiger partial charge in [0, 0.05) is 17.3 Å². The normalized spacial score (nSPS) is 16.6. The molecule has 3 aromatic rings. The molecular weight excluding hydrogens is 493 g/mol. The minimum Gasteiger partial charge on any atom is -0.368 e. The molecule has 0 spiro atoms. The van der Waals surface area contributed by atoms with Crippen LogP contribution in [0.2, 0.25) is 5.02 Å². The summed E-state index contributed by atoms with van der Waals surface area (Å²) in [6, 6.07) is 7.64. The maximum Gasteiger partial charge on any atom is 0.417 e. The number of halogens is 4. The Kier molecular flexibility index (Phi) is 6.74. The van der Waals surface area contributed by atoms with E-state index >= 15 is 0 Å². The molecule has 182 valence electrons. The lowest BCUT2D eigenvalue weighted by molar-refractivity contribution is -0.137. The zero-order chi connectivity index (χ0) is 24.5. The van der Waals surface area contributed by atoms with Crippen LogP contribution in [0.5, 0.6) is 0 Å². The number of hydrogen-bond acceptors (Lipinski definition) is 7. The van der Waals surface area contributed by atoms with E-state index in [1.165, 1.54) is 30.3 Å². The third kappa shape index (κ3) is 5.45. The molecule has 0 saturated carbocycles. The summed E-state index contributed by atoms with van der Waals surface area (Å²) in [7, 11) is -3.57. The van der Waals surface area contributed by atoms with Crippen molar-refractivity contribution < 1.29 is 21.6 Å². The molecular formula is C21H22ClF3N6O2S. The Labute approximate surface area is 199 Å². The minimum atomic E-state index is -4.73. The van der Waals surface area contributed by atoms with Crippen LogP contribution in [0.4, 0.5) is 30.8 Å². The number of aromatic amines is 1. The van der Waals surface area contributed by atoms with E-state index in [-0.39, 0.29) is 50.4 Å². The molecule has 1 aliphatic rings. The molecule has 0 aliphatic carbocycles. The van der Waals surface area contributed by atoms with Gasteiger partial charge in [0.1, 0.15) is 0 Å². The van der Waals surface area contributed by atoms with Crippen LogP contribution in [0.25, 0.3) is 11.1 Å². The highest BCUT2D eigenvalue weighted by atomic mass is 35.5. The lowest BCUT2D eigenvalue weighted by atomic mass is 9.98. The fraction of sp³-hybridized carbons (Fsp3) is 0.333. The molecule has 1 atom stereocenters. The maximum atomic E-state index is 13.9. The largest absolute Gasteiger partial charge is 0.417 e. The van der Waals surface area contributed by atoms with Crippen molar-refractivity contribution >= 4 is 39.0 Å². The third-order valence-corrected chi connectivity index (χ3v) is 7.62. The second-order valence-electron chi connectivity index (χ2n) is 7.97. The van der Waals surface area contributed by atoms with Gasteiger partial charge < -0.3 is 16.4 Å². The number of anilines is 3. The van der Waals surface area contributed by atoms with Crippen LogP contribution >= 0.6 is 11.6 Å². The van der Waals surface area contributed by atoms with Crippen molar-refractivity contribution in [2.45, 2.75) is 36.4 Å². The highest BCUT2D eigenvalue weighted by Gasteiger charge is 2.35. The van der Waals surface area contributed by atoms with Gasteiger partial charge in [0.25, 0.3) is 0 Å². The van der Waals surface area contributed by atoms with Crippen molar-refractivity contribution in [3.8, 4) is 11.1 Å². The number of nitrogens with one attached hydrogen (secondary N) is 3. The molecule has 0 unspecified atom stereocenters. The Balaban J connectivity index is 1.62.